The molecule has 2 heterocycles. The highest BCUT2D eigenvalue weighted by Crippen LogP contribution is 2.48. The van der Waals surface area contributed by atoms with Gasteiger partial charge in [0.05, 0.1) is 6.10 Å². The Labute approximate surface area is 128 Å². The van der Waals surface area contributed by atoms with E-state index in [0.29, 0.717) is 6.42 Å². The number of hydrogen-bond donors (Lipinski definition) is 1. The van der Waals surface area contributed by atoms with Crippen molar-refractivity contribution in [3.05, 3.63) is 65.7 Å². The van der Waals surface area contributed by atoms with Crippen molar-refractivity contribution in [3.8, 4) is 0 Å². The molecule has 1 fully saturated rings. The SMILES string of the molecule is O=C1C[C@H](c2ccccc2)O[C@@]2(C1)C(=O)Nc1ccccc12. The van der Waals surface area contributed by atoms with Gasteiger partial charge < -0.3 is 10.1 Å². The van der Waals surface area contributed by atoms with Crippen molar-refractivity contribution in [2.45, 2.75) is 24.5 Å². The minimum atomic E-state index is -1.19. The molecule has 0 aliphatic carbocycles. The summed E-state index contributed by atoms with van der Waals surface area (Å²) in [6.45, 7) is 0. The smallest absolute Gasteiger partial charge is 0.261 e. The second-order valence-electron chi connectivity index (χ2n) is 5.76. The number of anilines is 1. The van der Waals surface area contributed by atoms with E-state index < -0.39 is 5.60 Å². The lowest BCUT2D eigenvalue weighted by Crippen LogP contribution is -2.44. The number of benzene rings is 2. The zero-order valence-electron chi connectivity index (χ0n) is 11.9. The Balaban J connectivity index is 1.79. The number of fused-ring (bicyclic) bond motifs is 2. The highest BCUT2D eigenvalue weighted by molar-refractivity contribution is 6.07. The van der Waals surface area contributed by atoms with E-state index in [2.05, 4.69) is 5.32 Å². The number of carbonyl (C=O) groups excluding carboxylic acids is 2. The molecule has 0 bridgehead atoms. The summed E-state index contributed by atoms with van der Waals surface area (Å²) in [6.07, 6.45) is 0.0137. The number of hydrogen-bond acceptors (Lipinski definition) is 3. The van der Waals surface area contributed by atoms with E-state index in [-0.39, 0.29) is 24.2 Å². The van der Waals surface area contributed by atoms with Gasteiger partial charge in [0.25, 0.3) is 5.91 Å². The van der Waals surface area contributed by atoms with Crippen LogP contribution < -0.4 is 5.32 Å². The van der Waals surface area contributed by atoms with Crippen molar-refractivity contribution < 1.29 is 14.3 Å². The van der Waals surface area contributed by atoms with Crippen LogP contribution in [0.5, 0.6) is 0 Å². The fourth-order valence-corrected chi connectivity index (χ4v) is 3.32. The summed E-state index contributed by atoms with van der Waals surface area (Å²) >= 11 is 0. The van der Waals surface area contributed by atoms with Gasteiger partial charge in [-0.15, -0.1) is 0 Å². The monoisotopic (exact) mass is 293 g/mol. The molecule has 0 radical (unpaired) electrons. The van der Waals surface area contributed by atoms with Crippen molar-refractivity contribution in [1.82, 2.24) is 0 Å². The molecule has 2 atom stereocenters. The van der Waals surface area contributed by atoms with Crippen LogP contribution in [0, 0.1) is 0 Å². The number of rotatable bonds is 1. The maximum Gasteiger partial charge on any atom is 0.261 e. The van der Waals surface area contributed by atoms with E-state index in [9.17, 15) is 9.59 Å². The predicted octanol–water partition coefficient (Wildman–Crippen LogP) is 2.95. The van der Waals surface area contributed by atoms with Crippen molar-refractivity contribution in [2.75, 3.05) is 5.32 Å². The van der Waals surface area contributed by atoms with Crippen molar-refractivity contribution in [2.24, 2.45) is 0 Å². The van der Waals surface area contributed by atoms with Gasteiger partial charge in [-0.25, -0.2) is 0 Å². The second kappa shape index (κ2) is 4.78. The first-order valence-corrected chi connectivity index (χ1v) is 7.34. The van der Waals surface area contributed by atoms with Crippen LogP contribution in [0.25, 0.3) is 0 Å². The average Bonchev–Trinajstić information content (AvgIpc) is 2.80. The number of amides is 1. The molecule has 2 aliphatic heterocycles. The summed E-state index contributed by atoms with van der Waals surface area (Å²) < 4.78 is 6.20. The quantitative estimate of drug-likeness (QED) is 0.879. The number of para-hydroxylation sites is 1. The summed E-state index contributed by atoms with van der Waals surface area (Å²) in [4.78, 5) is 24.8. The van der Waals surface area contributed by atoms with Gasteiger partial charge in [0.2, 0.25) is 0 Å². The van der Waals surface area contributed by atoms with E-state index >= 15 is 0 Å². The molecule has 4 rings (SSSR count). The lowest BCUT2D eigenvalue weighted by molar-refractivity contribution is -0.170. The topological polar surface area (TPSA) is 55.4 Å². The molecule has 110 valence electrons. The highest BCUT2D eigenvalue weighted by atomic mass is 16.5. The fourth-order valence-electron chi connectivity index (χ4n) is 3.32. The third-order valence-corrected chi connectivity index (χ3v) is 4.35. The summed E-state index contributed by atoms with van der Waals surface area (Å²) in [5.41, 5.74) is 1.22. The van der Waals surface area contributed by atoms with Gasteiger partial charge in [-0.1, -0.05) is 48.5 Å². The average molecular weight is 293 g/mol. The van der Waals surface area contributed by atoms with Gasteiger partial charge in [0.1, 0.15) is 5.78 Å². The highest BCUT2D eigenvalue weighted by Gasteiger charge is 2.53. The van der Waals surface area contributed by atoms with E-state index in [1.54, 1.807) is 0 Å². The van der Waals surface area contributed by atoms with Gasteiger partial charge in [0, 0.05) is 24.1 Å². The van der Waals surface area contributed by atoms with Crippen LogP contribution in [0.15, 0.2) is 54.6 Å². The third kappa shape index (κ3) is 1.88. The molecule has 4 heteroatoms. The lowest BCUT2D eigenvalue weighted by Gasteiger charge is -2.36. The van der Waals surface area contributed by atoms with Crippen LogP contribution in [0.3, 0.4) is 0 Å². The fraction of sp³-hybridized carbons (Fsp3) is 0.222. The molecule has 0 saturated carbocycles. The Bertz CT molecular complexity index is 756. The zero-order valence-corrected chi connectivity index (χ0v) is 11.9. The molecule has 22 heavy (non-hydrogen) atoms. The molecule has 2 aromatic rings. The summed E-state index contributed by atoms with van der Waals surface area (Å²) in [5, 5.41) is 2.83. The van der Waals surface area contributed by atoms with Crippen LogP contribution >= 0.6 is 0 Å². The molecular weight excluding hydrogens is 278 g/mol. The standard InChI is InChI=1S/C18H15NO3/c20-13-10-16(12-6-2-1-3-7-12)22-18(11-13)14-8-4-5-9-15(14)19-17(18)21/h1-9,16H,10-11H2,(H,19,21)/t16-,18-/m1/s1. The summed E-state index contributed by atoms with van der Waals surface area (Å²) in [5.74, 6) is -0.199. The van der Waals surface area contributed by atoms with E-state index in [1.165, 1.54) is 0 Å². The molecule has 2 aliphatic rings. The van der Waals surface area contributed by atoms with Crippen LogP contribution in [-0.2, 0) is 19.9 Å². The first-order valence-electron chi connectivity index (χ1n) is 7.34. The van der Waals surface area contributed by atoms with Crippen LogP contribution in [0.2, 0.25) is 0 Å². The Morgan fingerprint density at radius 2 is 1.73 bits per heavy atom. The van der Waals surface area contributed by atoms with Crippen molar-refractivity contribution in [1.29, 1.82) is 0 Å². The minimum absolute atomic E-state index is 0.0481. The maximum atomic E-state index is 12.5. The van der Waals surface area contributed by atoms with Gasteiger partial charge in [-0.05, 0) is 11.6 Å². The molecular formula is C18H15NO3. The Morgan fingerprint density at radius 3 is 2.55 bits per heavy atom. The first kappa shape index (κ1) is 13.2. The molecule has 2 aromatic carbocycles. The van der Waals surface area contributed by atoms with E-state index in [1.807, 2.05) is 54.6 Å². The second-order valence-corrected chi connectivity index (χ2v) is 5.76. The van der Waals surface area contributed by atoms with Crippen LogP contribution in [0.1, 0.15) is 30.1 Å². The molecule has 1 saturated heterocycles. The molecule has 0 unspecified atom stereocenters. The molecule has 0 aromatic heterocycles. The summed E-state index contributed by atoms with van der Waals surface area (Å²) in [6, 6.07) is 17.0. The minimum Gasteiger partial charge on any atom is -0.351 e. The normalized spacial score (nSPS) is 26.8. The number of carbonyl (C=O) groups is 2. The predicted molar refractivity (Wildman–Crippen MR) is 81.3 cm³/mol. The Kier molecular flexibility index (Phi) is 2.87. The van der Waals surface area contributed by atoms with Gasteiger partial charge in [-0.3, -0.25) is 9.59 Å². The number of Topliss-reactive ketones (excluding diaryl/α,β-unsaturated/α-hetero) is 1. The Hall–Kier alpha value is -2.46. The van der Waals surface area contributed by atoms with Crippen molar-refractivity contribution >= 4 is 17.4 Å². The van der Waals surface area contributed by atoms with E-state index in [4.69, 9.17) is 4.74 Å². The van der Waals surface area contributed by atoms with Crippen LogP contribution in [0.4, 0.5) is 5.69 Å². The molecule has 1 spiro atoms. The van der Waals surface area contributed by atoms with Crippen molar-refractivity contribution in [3.63, 3.8) is 0 Å². The summed E-state index contributed by atoms with van der Waals surface area (Å²) in [7, 11) is 0. The lowest BCUT2D eigenvalue weighted by atomic mass is 9.84. The molecule has 1 N–H and O–H groups in total. The maximum absolute atomic E-state index is 12.5. The van der Waals surface area contributed by atoms with Crippen LogP contribution in [-0.4, -0.2) is 11.7 Å². The largest absolute Gasteiger partial charge is 0.351 e. The van der Waals surface area contributed by atoms with E-state index in [0.717, 1.165) is 16.8 Å². The first-order chi connectivity index (χ1) is 10.7. The Morgan fingerprint density at radius 1 is 1.00 bits per heavy atom. The van der Waals surface area contributed by atoms with Gasteiger partial charge in [0.15, 0.2) is 5.60 Å². The number of nitrogens with one attached hydrogen (secondary N) is 1. The van der Waals surface area contributed by atoms with Gasteiger partial charge in [-0.2, -0.15) is 0 Å². The zero-order chi connectivity index (χ0) is 15.2. The van der Waals surface area contributed by atoms with Gasteiger partial charge >= 0.3 is 0 Å². The molecule has 4 nitrogen and oxygen atoms in total. The third-order valence-electron chi connectivity index (χ3n) is 4.35. The molecule has 1 amide bonds. The number of ether oxygens (including phenoxy) is 1. The number of ketones is 1.